The van der Waals surface area contributed by atoms with Gasteiger partial charge in [-0.1, -0.05) is 219 Å². The maximum Gasteiger partial charge on any atom is 0.221 e. The van der Waals surface area contributed by atoms with E-state index in [2.05, 4.69) is 24.5 Å². The van der Waals surface area contributed by atoms with Crippen molar-refractivity contribution in [2.45, 2.75) is 258 Å². The smallest absolute Gasteiger partial charge is 0.221 e. The third-order valence-electron chi connectivity index (χ3n) is 9.77. The average molecular weight is 649 g/mol. The van der Waals surface area contributed by atoms with Crippen molar-refractivity contribution in [2.24, 2.45) is 0 Å². The van der Waals surface area contributed by atoms with Gasteiger partial charge >= 0.3 is 0 Å². The Morgan fingerprint density at radius 3 is 0.696 bits per heavy atom. The van der Waals surface area contributed by atoms with Crippen LogP contribution in [-0.4, -0.2) is 18.0 Å². The van der Waals surface area contributed by atoms with Gasteiger partial charge in [-0.25, -0.2) is 0 Å². The molecule has 0 atom stereocenters. The molecule has 0 aliphatic heterocycles. The van der Waals surface area contributed by atoms with E-state index in [1.54, 1.807) is 0 Å². The number of hydrogen-bond donors (Lipinski definition) is 2. The van der Waals surface area contributed by atoms with Gasteiger partial charge in [-0.3, -0.25) is 9.59 Å². The summed E-state index contributed by atoms with van der Waals surface area (Å²) >= 11 is 0. The highest BCUT2D eigenvalue weighted by atomic mass is 16.2. The van der Waals surface area contributed by atoms with Crippen LogP contribution in [0.15, 0.2) is 0 Å². The predicted octanol–water partition coefficient (Wildman–Crippen LogP) is 13.6. The topological polar surface area (TPSA) is 58.2 Å². The van der Waals surface area contributed by atoms with Crippen molar-refractivity contribution >= 4 is 11.8 Å². The molecule has 0 heterocycles. The molecule has 0 saturated heterocycles. The Hall–Kier alpha value is -1.06. The molecule has 0 unspecified atom stereocenters. The minimum Gasteiger partial charge on any atom is -0.336 e. The number of rotatable bonds is 38. The van der Waals surface area contributed by atoms with Gasteiger partial charge in [0.1, 0.15) is 0 Å². The van der Waals surface area contributed by atoms with Crippen LogP contribution in [0.1, 0.15) is 252 Å². The van der Waals surface area contributed by atoms with Gasteiger partial charge in [0.15, 0.2) is 0 Å². The molecule has 0 radical (unpaired) electrons. The Bertz CT molecular complexity index is 571. The number of amides is 2. The first-order chi connectivity index (χ1) is 22.6. The molecule has 4 nitrogen and oxygen atoms in total. The number of nitrogens with one attached hydrogen (secondary N) is 2. The molecule has 0 spiro atoms. The molecule has 0 rings (SSSR count). The number of unbranched alkanes of at least 4 members (excludes halogenated alkanes) is 32. The zero-order valence-corrected chi connectivity index (χ0v) is 31.8. The first-order valence-corrected chi connectivity index (χ1v) is 21.2. The highest BCUT2D eigenvalue weighted by Gasteiger charge is 2.10. The van der Waals surface area contributed by atoms with E-state index in [-0.39, 0.29) is 18.0 Å². The molecule has 0 bridgehead atoms. The van der Waals surface area contributed by atoms with Crippen molar-refractivity contribution in [3.8, 4) is 0 Å². The van der Waals surface area contributed by atoms with E-state index >= 15 is 0 Å². The van der Waals surface area contributed by atoms with Crippen molar-refractivity contribution in [3.05, 3.63) is 0 Å². The van der Waals surface area contributed by atoms with Crippen LogP contribution in [0.25, 0.3) is 0 Å². The second-order valence-electron chi connectivity index (χ2n) is 14.7. The van der Waals surface area contributed by atoms with Crippen molar-refractivity contribution in [1.82, 2.24) is 10.6 Å². The quantitative estimate of drug-likeness (QED) is 0.0517. The van der Waals surface area contributed by atoms with Crippen LogP contribution in [0, 0.1) is 0 Å². The minimum absolute atomic E-state index is 0.0616. The van der Waals surface area contributed by atoms with E-state index in [0.717, 1.165) is 25.7 Å². The summed E-state index contributed by atoms with van der Waals surface area (Å²) in [5.41, 5.74) is 0. The highest BCUT2D eigenvalue weighted by molar-refractivity contribution is 5.79. The third-order valence-corrected chi connectivity index (χ3v) is 9.77. The van der Waals surface area contributed by atoms with Crippen LogP contribution in [0.2, 0.25) is 0 Å². The third kappa shape index (κ3) is 37.4. The van der Waals surface area contributed by atoms with Crippen LogP contribution in [0.5, 0.6) is 0 Å². The maximum atomic E-state index is 12.3. The molecule has 2 N–H and O–H groups in total. The summed E-state index contributed by atoms with van der Waals surface area (Å²) in [6.45, 7) is 6.45. The van der Waals surface area contributed by atoms with Crippen LogP contribution in [-0.2, 0) is 9.59 Å². The fourth-order valence-corrected chi connectivity index (χ4v) is 6.68. The molecule has 0 aromatic carbocycles. The van der Waals surface area contributed by atoms with Gasteiger partial charge in [0.25, 0.3) is 0 Å². The van der Waals surface area contributed by atoms with Crippen molar-refractivity contribution in [1.29, 1.82) is 0 Å². The molecule has 0 saturated carbocycles. The Kier molecular flexibility index (Phi) is 37.5. The van der Waals surface area contributed by atoms with Gasteiger partial charge in [0, 0.05) is 12.8 Å². The lowest BCUT2D eigenvalue weighted by atomic mass is 10.0. The van der Waals surface area contributed by atoms with Crippen LogP contribution in [0.3, 0.4) is 0 Å². The molecule has 0 aromatic heterocycles. The zero-order chi connectivity index (χ0) is 33.6. The summed E-state index contributed by atoms with van der Waals surface area (Å²) in [6.07, 6.45) is 46.7. The molecule has 0 aliphatic rings. The summed E-state index contributed by atoms with van der Waals surface area (Å²) in [4.78, 5) is 24.5. The fraction of sp³-hybridized carbons (Fsp3) is 0.952. The summed E-state index contributed by atoms with van der Waals surface area (Å²) in [7, 11) is 0. The van der Waals surface area contributed by atoms with Gasteiger partial charge in [-0.05, 0) is 19.8 Å². The molecule has 274 valence electrons. The lowest BCUT2D eigenvalue weighted by molar-refractivity contribution is -0.124. The Balaban J connectivity index is 3.37. The molecule has 46 heavy (non-hydrogen) atoms. The SMILES string of the molecule is CCCCCCCCCCCCCCCCCCCC(=O)NC(C)NC(=O)CCCCCCCCCCCCCCCCCCC. The van der Waals surface area contributed by atoms with E-state index in [1.807, 2.05) is 6.92 Å². The number of carbonyl (C=O) groups is 2. The van der Waals surface area contributed by atoms with E-state index in [4.69, 9.17) is 0 Å². The van der Waals surface area contributed by atoms with Crippen LogP contribution >= 0.6 is 0 Å². The standard InChI is InChI=1S/C42H84N2O2/c1-4-6-8-10-12-14-16-18-20-22-24-26-28-30-32-34-36-38-41(45)43-40(3)44-42(46)39-37-35-33-31-29-27-25-23-21-19-17-15-13-11-9-7-5-2/h40H,4-39H2,1-3H3,(H,43,45)(H,44,46). The first kappa shape index (κ1) is 44.9. The maximum absolute atomic E-state index is 12.3. The van der Waals surface area contributed by atoms with Crippen molar-refractivity contribution in [2.75, 3.05) is 0 Å². The number of hydrogen-bond acceptors (Lipinski definition) is 2. The summed E-state index contributed by atoms with van der Waals surface area (Å²) in [5.74, 6) is 0.123. The van der Waals surface area contributed by atoms with E-state index < -0.39 is 0 Å². The van der Waals surface area contributed by atoms with Gasteiger partial charge in [-0.15, -0.1) is 0 Å². The number of carbonyl (C=O) groups excluding carboxylic acids is 2. The first-order valence-electron chi connectivity index (χ1n) is 21.2. The second kappa shape index (κ2) is 38.4. The molecule has 0 aromatic rings. The molecular formula is C42H84N2O2. The van der Waals surface area contributed by atoms with Crippen molar-refractivity contribution in [3.63, 3.8) is 0 Å². The highest BCUT2D eigenvalue weighted by Crippen LogP contribution is 2.16. The summed E-state index contributed by atoms with van der Waals surface area (Å²) in [6, 6.07) is 0. The Morgan fingerprint density at radius 1 is 0.326 bits per heavy atom. The van der Waals surface area contributed by atoms with Gasteiger partial charge in [0.2, 0.25) is 11.8 Å². The van der Waals surface area contributed by atoms with Gasteiger partial charge in [0.05, 0.1) is 6.17 Å². The van der Waals surface area contributed by atoms with E-state index in [1.165, 1.54) is 193 Å². The largest absolute Gasteiger partial charge is 0.336 e. The van der Waals surface area contributed by atoms with E-state index in [0.29, 0.717) is 12.8 Å². The second-order valence-corrected chi connectivity index (χ2v) is 14.7. The van der Waals surface area contributed by atoms with Gasteiger partial charge < -0.3 is 10.6 Å². The predicted molar refractivity (Wildman–Crippen MR) is 203 cm³/mol. The molecular weight excluding hydrogens is 564 g/mol. The fourth-order valence-electron chi connectivity index (χ4n) is 6.68. The zero-order valence-electron chi connectivity index (χ0n) is 31.8. The Morgan fingerprint density at radius 2 is 0.500 bits per heavy atom. The van der Waals surface area contributed by atoms with E-state index in [9.17, 15) is 9.59 Å². The Labute approximate surface area is 289 Å². The van der Waals surface area contributed by atoms with Crippen molar-refractivity contribution < 1.29 is 9.59 Å². The summed E-state index contributed by atoms with van der Waals surface area (Å²) in [5, 5.41) is 5.91. The average Bonchev–Trinajstić information content (AvgIpc) is 3.03. The van der Waals surface area contributed by atoms with Gasteiger partial charge in [-0.2, -0.15) is 0 Å². The molecule has 0 aliphatic carbocycles. The monoisotopic (exact) mass is 649 g/mol. The van der Waals surface area contributed by atoms with Crippen LogP contribution in [0.4, 0.5) is 0 Å². The summed E-state index contributed by atoms with van der Waals surface area (Å²) < 4.78 is 0. The normalized spacial score (nSPS) is 11.4. The molecule has 0 fully saturated rings. The van der Waals surface area contributed by atoms with Crippen LogP contribution < -0.4 is 10.6 Å². The lowest BCUT2D eigenvalue weighted by Crippen LogP contribution is -2.45. The molecule has 2 amide bonds. The lowest BCUT2D eigenvalue weighted by Gasteiger charge is -2.16. The minimum atomic E-state index is -0.281. The molecule has 4 heteroatoms.